The second kappa shape index (κ2) is 5.88. The van der Waals surface area contributed by atoms with Crippen LogP contribution in [0.2, 0.25) is 0 Å². The molecule has 0 radical (unpaired) electrons. The van der Waals surface area contributed by atoms with Crippen LogP contribution < -0.4 is 5.32 Å². The van der Waals surface area contributed by atoms with Crippen LogP contribution in [0.25, 0.3) is 0 Å². The fraction of sp³-hybridized carbons (Fsp3) is 0.647. The highest BCUT2D eigenvalue weighted by molar-refractivity contribution is 5.28. The van der Waals surface area contributed by atoms with Crippen molar-refractivity contribution in [2.75, 3.05) is 6.54 Å². The molecule has 3 atom stereocenters. The van der Waals surface area contributed by atoms with E-state index in [0.717, 1.165) is 24.3 Å². The van der Waals surface area contributed by atoms with Crippen LogP contribution >= 0.6 is 0 Å². The predicted molar refractivity (Wildman–Crippen MR) is 78.7 cm³/mol. The van der Waals surface area contributed by atoms with Crippen LogP contribution in [-0.4, -0.2) is 6.54 Å². The van der Waals surface area contributed by atoms with E-state index < -0.39 is 0 Å². The van der Waals surface area contributed by atoms with E-state index in [2.05, 4.69) is 57.3 Å². The first-order valence-corrected chi connectivity index (χ1v) is 7.44. The lowest BCUT2D eigenvalue weighted by molar-refractivity contribution is 0.475. The van der Waals surface area contributed by atoms with Crippen molar-refractivity contribution >= 4 is 0 Å². The number of hydrogen-bond donors (Lipinski definition) is 1. The Bertz CT molecular complexity index is 383. The second-order valence-electron chi connectivity index (χ2n) is 6.26. The largest absolute Gasteiger partial charge is 0.310 e. The molecule has 0 spiro atoms. The molecule has 1 aromatic carbocycles. The van der Waals surface area contributed by atoms with E-state index in [4.69, 9.17) is 0 Å². The molecule has 1 nitrogen and oxygen atoms in total. The predicted octanol–water partition coefficient (Wildman–Crippen LogP) is 4.19. The van der Waals surface area contributed by atoms with Gasteiger partial charge in [-0.1, -0.05) is 52.0 Å². The van der Waals surface area contributed by atoms with Crippen LogP contribution in [0.1, 0.15) is 51.3 Å². The summed E-state index contributed by atoms with van der Waals surface area (Å²) in [6.07, 6.45) is 2.57. The van der Waals surface area contributed by atoms with E-state index in [1.807, 2.05) is 0 Å². The third-order valence-electron chi connectivity index (χ3n) is 3.98. The van der Waals surface area contributed by atoms with Gasteiger partial charge in [-0.25, -0.2) is 0 Å². The van der Waals surface area contributed by atoms with Gasteiger partial charge in [-0.05, 0) is 48.3 Å². The molecule has 100 valence electrons. The average Bonchev–Trinajstić information content (AvgIpc) is 3.02. The van der Waals surface area contributed by atoms with Gasteiger partial charge in [0.15, 0.2) is 0 Å². The first kappa shape index (κ1) is 13.6. The summed E-state index contributed by atoms with van der Waals surface area (Å²) in [5.74, 6) is 2.47. The molecule has 0 saturated heterocycles. The zero-order valence-corrected chi connectivity index (χ0v) is 12.2. The Hall–Kier alpha value is -0.820. The first-order chi connectivity index (χ1) is 8.61. The van der Waals surface area contributed by atoms with Gasteiger partial charge in [-0.2, -0.15) is 0 Å². The summed E-state index contributed by atoms with van der Waals surface area (Å²) in [7, 11) is 0. The fourth-order valence-corrected chi connectivity index (χ4v) is 2.94. The smallest absolute Gasteiger partial charge is 0.0351 e. The van der Waals surface area contributed by atoms with Gasteiger partial charge in [0, 0.05) is 6.04 Å². The van der Waals surface area contributed by atoms with Gasteiger partial charge in [-0.3, -0.25) is 0 Å². The average molecular weight is 245 g/mol. The Morgan fingerprint density at radius 3 is 2.61 bits per heavy atom. The summed E-state index contributed by atoms with van der Waals surface area (Å²) in [6.45, 7) is 10.2. The molecule has 0 amide bonds. The molecule has 0 aliphatic heterocycles. The maximum atomic E-state index is 3.67. The summed E-state index contributed by atoms with van der Waals surface area (Å²) >= 11 is 0. The van der Waals surface area contributed by atoms with Gasteiger partial charge in [0.2, 0.25) is 0 Å². The Kier molecular flexibility index (Phi) is 4.45. The Balaban J connectivity index is 2.14. The maximum Gasteiger partial charge on any atom is 0.0351 e. The van der Waals surface area contributed by atoms with Gasteiger partial charge >= 0.3 is 0 Å². The third kappa shape index (κ3) is 3.35. The fourth-order valence-electron chi connectivity index (χ4n) is 2.94. The lowest BCUT2D eigenvalue weighted by Gasteiger charge is -2.19. The molecule has 1 aliphatic carbocycles. The van der Waals surface area contributed by atoms with Crippen molar-refractivity contribution in [3.8, 4) is 0 Å². The molecule has 2 rings (SSSR count). The van der Waals surface area contributed by atoms with Gasteiger partial charge in [0.05, 0.1) is 0 Å². The molecule has 0 heterocycles. The zero-order valence-electron chi connectivity index (χ0n) is 12.2. The minimum Gasteiger partial charge on any atom is -0.310 e. The minimum absolute atomic E-state index is 0.567. The van der Waals surface area contributed by atoms with E-state index in [1.54, 1.807) is 0 Å². The van der Waals surface area contributed by atoms with E-state index in [0.29, 0.717) is 6.04 Å². The zero-order chi connectivity index (χ0) is 13.1. The van der Waals surface area contributed by atoms with Crippen LogP contribution in [0.5, 0.6) is 0 Å². The van der Waals surface area contributed by atoms with Gasteiger partial charge < -0.3 is 5.32 Å². The Morgan fingerprint density at radius 1 is 1.33 bits per heavy atom. The highest BCUT2D eigenvalue weighted by Crippen LogP contribution is 2.47. The van der Waals surface area contributed by atoms with E-state index in [-0.39, 0.29) is 0 Å². The van der Waals surface area contributed by atoms with Crippen LogP contribution in [0.15, 0.2) is 24.3 Å². The molecule has 1 fully saturated rings. The van der Waals surface area contributed by atoms with Crippen LogP contribution in [-0.2, 0) is 6.42 Å². The van der Waals surface area contributed by atoms with Crippen molar-refractivity contribution in [2.45, 2.75) is 46.6 Å². The number of benzene rings is 1. The summed E-state index contributed by atoms with van der Waals surface area (Å²) in [6, 6.07) is 9.77. The van der Waals surface area contributed by atoms with E-state index >= 15 is 0 Å². The molecule has 3 unspecified atom stereocenters. The van der Waals surface area contributed by atoms with Crippen molar-refractivity contribution in [1.29, 1.82) is 0 Å². The third-order valence-corrected chi connectivity index (χ3v) is 3.98. The molecule has 1 N–H and O–H groups in total. The van der Waals surface area contributed by atoms with Gasteiger partial charge in [0.25, 0.3) is 0 Å². The lowest BCUT2D eigenvalue weighted by atomic mass is 9.95. The van der Waals surface area contributed by atoms with Gasteiger partial charge in [-0.15, -0.1) is 0 Å². The van der Waals surface area contributed by atoms with Crippen LogP contribution in [0.3, 0.4) is 0 Å². The maximum absolute atomic E-state index is 3.67. The summed E-state index contributed by atoms with van der Waals surface area (Å²) in [4.78, 5) is 0. The molecular weight excluding hydrogens is 218 g/mol. The van der Waals surface area contributed by atoms with Crippen molar-refractivity contribution < 1.29 is 0 Å². The molecule has 0 aromatic heterocycles. The number of hydrogen-bond acceptors (Lipinski definition) is 1. The molecule has 18 heavy (non-hydrogen) atoms. The van der Waals surface area contributed by atoms with Gasteiger partial charge in [0.1, 0.15) is 0 Å². The number of rotatable bonds is 6. The normalized spacial score (nSPS) is 24.3. The first-order valence-electron chi connectivity index (χ1n) is 7.44. The standard InChI is InChI=1S/C17H27N/c1-5-18-17(16-10-13(16)4)15-8-6-7-14(11-15)9-12(2)3/h6-8,11-13,16-18H,5,9-10H2,1-4H3. The van der Waals surface area contributed by atoms with Crippen molar-refractivity contribution in [1.82, 2.24) is 5.32 Å². The molecule has 1 heteroatoms. The topological polar surface area (TPSA) is 12.0 Å². The van der Waals surface area contributed by atoms with Crippen LogP contribution in [0, 0.1) is 17.8 Å². The van der Waals surface area contributed by atoms with E-state index in [9.17, 15) is 0 Å². The van der Waals surface area contributed by atoms with Crippen molar-refractivity contribution in [3.05, 3.63) is 35.4 Å². The molecule has 0 bridgehead atoms. The summed E-state index contributed by atoms with van der Waals surface area (Å²) in [5.41, 5.74) is 2.98. The summed E-state index contributed by atoms with van der Waals surface area (Å²) in [5, 5.41) is 3.67. The highest BCUT2D eigenvalue weighted by atomic mass is 14.9. The lowest BCUT2D eigenvalue weighted by Crippen LogP contribution is -2.23. The Labute approximate surface area is 112 Å². The molecule has 1 saturated carbocycles. The van der Waals surface area contributed by atoms with Crippen molar-refractivity contribution in [3.63, 3.8) is 0 Å². The molecule has 1 aromatic rings. The van der Waals surface area contributed by atoms with E-state index in [1.165, 1.54) is 24.0 Å². The SMILES string of the molecule is CCNC(c1cccc(CC(C)C)c1)C1CC1C. The monoisotopic (exact) mass is 245 g/mol. The quantitative estimate of drug-likeness (QED) is 0.792. The molecular formula is C17H27N. The van der Waals surface area contributed by atoms with Crippen LogP contribution in [0.4, 0.5) is 0 Å². The number of nitrogens with one attached hydrogen (secondary N) is 1. The molecule has 1 aliphatic rings. The highest BCUT2D eigenvalue weighted by Gasteiger charge is 2.39. The van der Waals surface area contributed by atoms with Crippen molar-refractivity contribution in [2.24, 2.45) is 17.8 Å². The second-order valence-corrected chi connectivity index (χ2v) is 6.26. The summed E-state index contributed by atoms with van der Waals surface area (Å²) < 4.78 is 0. The Morgan fingerprint density at radius 2 is 2.06 bits per heavy atom. The minimum atomic E-state index is 0.567.